The molecule has 1 aromatic carbocycles. The highest BCUT2D eigenvalue weighted by Gasteiger charge is 2.20. The average molecular weight is 257 g/mol. The van der Waals surface area contributed by atoms with Crippen LogP contribution in [0.3, 0.4) is 0 Å². The molecule has 2 aromatic rings. The molecule has 0 fully saturated rings. The van der Waals surface area contributed by atoms with Crippen molar-refractivity contribution in [1.29, 1.82) is 0 Å². The Hall–Kier alpha value is -1.61. The van der Waals surface area contributed by atoms with Crippen molar-refractivity contribution in [2.45, 2.75) is 32.7 Å². The van der Waals surface area contributed by atoms with Crippen LogP contribution in [-0.4, -0.2) is 16.8 Å². The molecule has 0 amide bonds. The summed E-state index contributed by atoms with van der Waals surface area (Å²) in [7, 11) is 2.03. The molecule has 1 unspecified atom stereocenters. The largest absolute Gasteiger partial charge is 0.313 e. The van der Waals surface area contributed by atoms with Crippen molar-refractivity contribution in [1.82, 2.24) is 15.1 Å². The van der Waals surface area contributed by atoms with Gasteiger partial charge in [0, 0.05) is 17.8 Å². The van der Waals surface area contributed by atoms with Gasteiger partial charge in [-0.05, 0) is 25.1 Å². The lowest BCUT2D eigenvalue weighted by molar-refractivity contribution is 0.359. The molecule has 0 aliphatic carbocycles. The quantitative estimate of drug-likeness (QED) is 0.857. The van der Waals surface area contributed by atoms with Crippen molar-refractivity contribution in [2.75, 3.05) is 7.05 Å². The molecule has 19 heavy (non-hydrogen) atoms. The highest BCUT2D eigenvalue weighted by atomic mass is 15.3. The minimum Gasteiger partial charge on any atom is -0.313 e. The predicted octanol–water partition coefficient (Wildman–Crippen LogP) is 3.57. The second-order valence-electron chi connectivity index (χ2n) is 4.90. The van der Waals surface area contributed by atoms with Gasteiger partial charge in [-0.15, -0.1) is 0 Å². The van der Waals surface area contributed by atoms with Crippen molar-refractivity contribution in [3.8, 4) is 5.69 Å². The molecule has 2 rings (SSSR count). The van der Waals surface area contributed by atoms with E-state index in [9.17, 15) is 0 Å². The third-order valence-corrected chi connectivity index (χ3v) is 3.81. The maximum atomic E-state index is 4.48. The number of nitrogens with one attached hydrogen (secondary N) is 1. The molecule has 0 saturated carbocycles. The van der Waals surface area contributed by atoms with Gasteiger partial charge in [0.15, 0.2) is 0 Å². The van der Waals surface area contributed by atoms with Gasteiger partial charge in [0.25, 0.3) is 0 Å². The Morgan fingerprint density at radius 2 is 1.84 bits per heavy atom. The van der Waals surface area contributed by atoms with Crippen molar-refractivity contribution in [3.05, 3.63) is 48.3 Å². The zero-order valence-electron chi connectivity index (χ0n) is 12.0. The van der Waals surface area contributed by atoms with E-state index in [1.54, 1.807) is 0 Å². The first-order valence-electron chi connectivity index (χ1n) is 7.07. The Bertz CT molecular complexity index is 486. The first-order chi connectivity index (χ1) is 9.30. The standard InChI is InChI=1S/C16H23N3/c1-4-13(5-2)16(17-3)14-11-18-19(12-14)15-9-7-6-8-10-15/h6-13,16-17H,4-5H2,1-3H3. The molecule has 0 bridgehead atoms. The third kappa shape index (κ3) is 3.04. The van der Waals surface area contributed by atoms with Crippen LogP contribution < -0.4 is 5.32 Å². The fourth-order valence-electron chi connectivity index (χ4n) is 2.65. The summed E-state index contributed by atoms with van der Waals surface area (Å²) in [4.78, 5) is 0. The van der Waals surface area contributed by atoms with Crippen LogP contribution in [0.1, 0.15) is 38.3 Å². The van der Waals surface area contributed by atoms with E-state index in [2.05, 4.69) is 42.6 Å². The summed E-state index contributed by atoms with van der Waals surface area (Å²) < 4.78 is 1.95. The molecule has 0 aliphatic heterocycles. The number of rotatable bonds is 6. The molecule has 0 aliphatic rings. The molecule has 1 aromatic heterocycles. The van der Waals surface area contributed by atoms with Gasteiger partial charge in [-0.1, -0.05) is 44.9 Å². The average Bonchev–Trinajstić information content (AvgIpc) is 2.95. The van der Waals surface area contributed by atoms with Crippen LogP contribution in [0.4, 0.5) is 0 Å². The summed E-state index contributed by atoms with van der Waals surface area (Å²) in [6.45, 7) is 4.50. The Morgan fingerprint density at radius 3 is 2.42 bits per heavy atom. The van der Waals surface area contributed by atoms with E-state index >= 15 is 0 Å². The van der Waals surface area contributed by atoms with E-state index in [1.807, 2.05) is 36.1 Å². The molecular formula is C16H23N3. The van der Waals surface area contributed by atoms with Crippen molar-refractivity contribution < 1.29 is 0 Å². The molecule has 1 heterocycles. The van der Waals surface area contributed by atoms with Crippen LogP contribution in [-0.2, 0) is 0 Å². The maximum absolute atomic E-state index is 4.48. The van der Waals surface area contributed by atoms with E-state index in [-0.39, 0.29) is 0 Å². The number of aromatic nitrogens is 2. The summed E-state index contributed by atoms with van der Waals surface area (Å²) in [6.07, 6.45) is 6.47. The Labute approximate surface area is 115 Å². The van der Waals surface area contributed by atoms with Crippen LogP contribution in [0.5, 0.6) is 0 Å². The van der Waals surface area contributed by atoms with E-state index in [1.165, 1.54) is 18.4 Å². The second kappa shape index (κ2) is 6.53. The fraction of sp³-hybridized carbons (Fsp3) is 0.438. The summed E-state index contributed by atoms with van der Waals surface area (Å²) in [5.41, 5.74) is 2.37. The van der Waals surface area contributed by atoms with Crippen LogP contribution in [0, 0.1) is 5.92 Å². The van der Waals surface area contributed by atoms with Crippen molar-refractivity contribution in [3.63, 3.8) is 0 Å². The van der Waals surface area contributed by atoms with Gasteiger partial charge in [-0.25, -0.2) is 4.68 Å². The summed E-state index contributed by atoms with van der Waals surface area (Å²) in [6, 6.07) is 10.6. The number of hydrogen-bond donors (Lipinski definition) is 1. The maximum Gasteiger partial charge on any atom is 0.0645 e. The van der Waals surface area contributed by atoms with Gasteiger partial charge in [0.2, 0.25) is 0 Å². The van der Waals surface area contributed by atoms with E-state index in [0.29, 0.717) is 12.0 Å². The van der Waals surface area contributed by atoms with Crippen molar-refractivity contribution >= 4 is 0 Å². The molecule has 102 valence electrons. The first-order valence-corrected chi connectivity index (χ1v) is 7.07. The lowest BCUT2D eigenvalue weighted by Gasteiger charge is -2.23. The number of nitrogens with zero attached hydrogens (tertiary/aromatic N) is 2. The summed E-state index contributed by atoms with van der Waals surface area (Å²) in [5.74, 6) is 0.651. The van der Waals surface area contributed by atoms with Gasteiger partial charge in [-0.2, -0.15) is 5.10 Å². The molecule has 0 saturated heterocycles. The van der Waals surface area contributed by atoms with Crippen LogP contribution in [0.2, 0.25) is 0 Å². The number of benzene rings is 1. The predicted molar refractivity (Wildman–Crippen MR) is 79.4 cm³/mol. The van der Waals surface area contributed by atoms with Crippen LogP contribution >= 0.6 is 0 Å². The van der Waals surface area contributed by atoms with Gasteiger partial charge in [-0.3, -0.25) is 0 Å². The van der Waals surface area contributed by atoms with Gasteiger partial charge in [0.1, 0.15) is 0 Å². The zero-order chi connectivity index (χ0) is 13.7. The van der Waals surface area contributed by atoms with Gasteiger partial charge in [0.05, 0.1) is 11.9 Å². The SMILES string of the molecule is CCC(CC)C(NC)c1cnn(-c2ccccc2)c1. The summed E-state index contributed by atoms with van der Waals surface area (Å²) in [5, 5.41) is 7.91. The molecule has 1 atom stereocenters. The molecule has 1 N–H and O–H groups in total. The first kappa shape index (κ1) is 13.8. The topological polar surface area (TPSA) is 29.9 Å². The monoisotopic (exact) mass is 257 g/mol. The van der Waals surface area contributed by atoms with E-state index < -0.39 is 0 Å². The fourth-order valence-corrected chi connectivity index (χ4v) is 2.65. The lowest BCUT2D eigenvalue weighted by atomic mass is 9.90. The second-order valence-corrected chi connectivity index (χ2v) is 4.90. The van der Waals surface area contributed by atoms with E-state index in [4.69, 9.17) is 0 Å². The van der Waals surface area contributed by atoms with Gasteiger partial charge >= 0.3 is 0 Å². The van der Waals surface area contributed by atoms with Crippen LogP contribution in [0.25, 0.3) is 5.69 Å². The lowest BCUT2D eigenvalue weighted by Crippen LogP contribution is -2.24. The molecule has 0 spiro atoms. The van der Waals surface area contributed by atoms with E-state index in [0.717, 1.165) is 5.69 Å². The highest BCUT2D eigenvalue weighted by molar-refractivity contribution is 5.31. The zero-order valence-corrected chi connectivity index (χ0v) is 12.0. The molecular weight excluding hydrogens is 234 g/mol. The third-order valence-electron chi connectivity index (χ3n) is 3.81. The number of hydrogen-bond acceptors (Lipinski definition) is 2. The minimum absolute atomic E-state index is 0.382. The van der Waals surface area contributed by atoms with Crippen molar-refractivity contribution in [2.24, 2.45) is 5.92 Å². The normalized spacial score (nSPS) is 12.8. The smallest absolute Gasteiger partial charge is 0.0645 e. The molecule has 0 radical (unpaired) electrons. The van der Waals surface area contributed by atoms with Gasteiger partial charge < -0.3 is 5.32 Å². The van der Waals surface area contributed by atoms with Crippen LogP contribution in [0.15, 0.2) is 42.7 Å². The Morgan fingerprint density at radius 1 is 1.16 bits per heavy atom. The minimum atomic E-state index is 0.382. The Kier molecular flexibility index (Phi) is 4.74. The molecule has 3 heteroatoms. The molecule has 3 nitrogen and oxygen atoms in total. The summed E-state index contributed by atoms with van der Waals surface area (Å²) >= 11 is 0. The Balaban J connectivity index is 2.24. The number of para-hydroxylation sites is 1. The highest BCUT2D eigenvalue weighted by Crippen LogP contribution is 2.27.